The summed E-state index contributed by atoms with van der Waals surface area (Å²) in [5.74, 6) is 0. The van der Waals surface area contributed by atoms with Gasteiger partial charge in [0.25, 0.3) is 0 Å². The summed E-state index contributed by atoms with van der Waals surface area (Å²) in [5, 5.41) is 3.63. The molecule has 0 atom stereocenters. The highest BCUT2D eigenvalue weighted by atomic mass is 32.1. The van der Waals surface area contributed by atoms with Crippen molar-refractivity contribution in [3.63, 3.8) is 0 Å². The Hall–Kier alpha value is -5.58. The number of hydrogen-bond acceptors (Lipinski definition) is 4. The van der Waals surface area contributed by atoms with Crippen LogP contribution in [-0.4, -0.2) is 9.97 Å². The standard InChI is InChI=1S/C40H24N2OS/c1-2-8-27(9-3-1)30-11-6-13-32-33-14-7-12-31(40(33)44-39(30)32)28-20-16-25(17-21-28)26-18-22-29(23-19-26)36-38-37(42-24-41-36)34-10-4-5-15-35(34)43-38/h1-24H. The molecule has 0 radical (unpaired) electrons. The van der Waals surface area contributed by atoms with Crippen molar-refractivity contribution in [3.8, 4) is 44.6 Å². The maximum absolute atomic E-state index is 6.16. The molecule has 0 saturated heterocycles. The number of rotatable bonds is 4. The predicted molar refractivity (Wildman–Crippen MR) is 184 cm³/mol. The minimum absolute atomic E-state index is 0.720. The Morgan fingerprint density at radius 2 is 0.977 bits per heavy atom. The second-order valence-electron chi connectivity index (χ2n) is 11.0. The molecule has 0 amide bonds. The lowest BCUT2D eigenvalue weighted by molar-refractivity contribution is 0.667. The van der Waals surface area contributed by atoms with Crippen LogP contribution in [0.5, 0.6) is 0 Å². The van der Waals surface area contributed by atoms with Gasteiger partial charge in [-0.2, -0.15) is 0 Å². The summed E-state index contributed by atoms with van der Waals surface area (Å²) in [6.07, 6.45) is 1.62. The van der Waals surface area contributed by atoms with Crippen molar-refractivity contribution in [2.45, 2.75) is 0 Å². The van der Waals surface area contributed by atoms with Crippen LogP contribution in [0.15, 0.2) is 150 Å². The first-order valence-corrected chi connectivity index (χ1v) is 15.5. The summed E-state index contributed by atoms with van der Waals surface area (Å²) in [7, 11) is 0. The second-order valence-corrected chi connectivity index (χ2v) is 12.0. The molecule has 3 nitrogen and oxygen atoms in total. The summed E-state index contributed by atoms with van der Waals surface area (Å²) in [5.41, 5.74) is 11.6. The highest BCUT2D eigenvalue weighted by Gasteiger charge is 2.16. The summed E-state index contributed by atoms with van der Waals surface area (Å²) >= 11 is 1.89. The van der Waals surface area contributed by atoms with Gasteiger partial charge in [0.1, 0.15) is 23.1 Å². The summed E-state index contributed by atoms with van der Waals surface area (Å²) in [6, 6.07) is 49.4. The van der Waals surface area contributed by atoms with E-state index in [1.807, 2.05) is 35.6 Å². The molecule has 0 aliphatic rings. The van der Waals surface area contributed by atoms with Crippen LogP contribution in [0.2, 0.25) is 0 Å². The number of para-hydroxylation sites is 1. The molecule has 9 aromatic rings. The van der Waals surface area contributed by atoms with Gasteiger partial charge in [0.2, 0.25) is 0 Å². The molecule has 6 aromatic carbocycles. The lowest BCUT2D eigenvalue weighted by Crippen LogP contribution is -1.87. The Morgan fingerprint density at radius 1 is 0.432 bits per heavy atom. The molecule has 0 fully saturated rings. The first-order valence-electron chi connectivity index (χ1n) is 14.6. The highest BCUT2D eigenvalue weighted by molar-refractivity contribution is 7.26. The molecule has 0 unspecified atom stereocenters. The largest absolute Gasteiger partial charge is 0.452 e. The minimum Gasteiger partial charge on any atom is -0.452 e. The maximum atomic E-state index is 6.16. The van der Waals surface area contributed by atoms with Gasteiger partial charge in [0, 0.05) is 31.1 Å². The van der Waals surface area contributed by atoms with Gasteiger partial charge in [0.15, 0.2) is 5.58 Å². The summed E-state index contributed by atoms with van der Waals surface area (Å²) < 4.78 is 8.82. The average Bonchev–Trinajstić information content (AvgIpc) is 3.68. The minimum atomic E-state index is 0.720. The number of furan rings is 1. The first-order chi connectivity index (χ1) is 21.8. The lowest BCUT2D eigenvalue weighted by Gasteiger charge is -2.07. The molecule has 0 aliphatic heterocycles. The predicted octanol–water partition coefficient (Wildman–Crippen LogP) is 11.4. The van der Waals surface area contributed by atoms with Gasteiger partial charge >= 0.3 is 0 Å². The zero-order valence-electron chi connectivity index (χ0n) is 23.6. The number of benzene rings is 6. The van der Waals surface area contributed by atoms with Gasteiger partial charge in [-0.3, -0.25) is 0 Å². The van der Waals surface area contributed by atoms with Gasteiger partial charge in [-0.25, -0.2) is 9.97 Å². The zero-order chi connectivity index (χ0) is 29.0. The molecule has 0 aliphatic carbocycles. The van der Waals surface area contributed by atoms with Crippen molar-refractivity contribution in [2.24, 2.45) is 0 Å². The van der Waals surface area contributed by atoms with E-state index < -0.39 is 0 Å². The third kappa shape index (κ3) is 3.96. The van der Waals surface area contributed by atoms with Gasteiger partial charge in [0.05, 0.1) is 0 Å². The van der Waals surface area contributed by atoms with Crippen molar-refractivity contribution in [3.05, 3.63) is 146 Å². The monoisotopic (exact) mass is 580 g/mol. The Kier molecular flexibility index (Phi) is 5.68. The molecular weight excluding hydrogens is 557 g/mol. The first kappa shape index (κ1) is 25.0. The Balaban J connectivity index is 1.07. The number of fused-ring (bicyclic) bond motifs is 6. The van der Waals surface area contributed by atoms with E-state index in [0.29, 0.717) is 0 Å². The van der Waals surface area contributed by atoms with E-state index in [9.17, 15) is 0 Å². The van der Waals surface area contributed by atoms with Crippen molar-refractivity contribution < 1.29 is 4.42 Å². The molecule has 44 heavy (non-hydrogen) atoms. The number of hydrogen-bond donors (Lipinski definition) is 0. The van der Waals surface area contributed by atoms with Crippen molar-refractivity contribution in [1.29, 1.82) is 0 Å². The van der Waals surface area contributed by atoms with E-state index >= 15 is 0 Å². The molecular formula is C40H24N2OS. The van der Waals surface area contributed by atoms with Crippen LogP contribution in [0, 0.1) is 0 Å². The van der Waals surface area contributed by atoms with Crippen LogP contribution in [-0.2, 0) is 0 Å². The zero-order valence-corrected chi connectivity index (χ0v) is 24.4. The Morgan fingerprint density at radius 3 is 1.66 bits per heavy atom. The third-order valence-corrected chi connectivity index (χ3v) is 9.74. The van der Waals surface area contributed by atoms with Gasteiger partial charge in [-0.15, -0.1) is 11.3 Å². The molecule has 9 rings (SSSR count). The van der Waals surface area contributed by atoms with Crippen molar-refractivity contribution >= 4 is 53.6 Å². The third-order valence-electron chi connectivity index (χ3n) is 8.45. The fourth-order valence-corrected chi connectivity index (χ4v) is 7.66. The summed E-state index contributed by atoms with van der Waals surface area (Å²) in [6.45, 7) is 0. The quantitative estimate of drug-likeness (QED) is 0.208. The van der Waals surface area contributed by atoms with E-state index in [-0.39, 0.29) is 0 Å². The van der Waals surface area contributed by atoms with Gasteiger partial charge in [-0.1, -0.05) is 127 Å². The molecule has 0 bridgehead atoms. The van der Waals surface area contributed by atoms with Crippen LogP contribution in [0.25, 0.3) is 86.9 Å². The molecule has 3 heterocycles. The van der Waals surface area contributed by atoms with E-state index in [0.717, 1.165) is 38.9 Å². The molecule has 0 saturated carbocycles. The van der Waals surface area contributed by atoms with Crippen LogP contribution in [0.1, 0.15) is 0 Å². The van der Waals surface area contributed by atoms with E-state index in [4.69, 9.17) is 4.42 Å². The number of aromatic nitrogens is 2. The fourth-order valence-electron chi connectivity index (χ4n) is 6.28. The molecule has 0 spiro atoms. The second kappa shape index (κ2) is 10.0. The molecule has 206 valence electrons. The van der Waals surface area contributed by atoms with Crippen molar-refractivity contribution in [1.82, 2.24) is 9.97 Å². The van der Waals surface area contributed by atoms with E-state index in [1.165, 1.54) is 48.0 Å². The number of nitrogens with zero attached hydrogens (tertiary/aromatic N) is 2. The van der Waals surface area contributed by atoms with Crippen molar-refractivity contribution in [2.75, 3.05) is 0 Å². The molecule has 0 N–H and O–H groups in total. The van der Waals surface area contributed by atoms with Crippen LogP contribution in [0.4, 0.5) is 0 Å². The van der Waals surface area contributed by atoms with Gasteiger partial charge in [-0.05, 0) is 45.5 Å². The maximum Gasteiger partial charge on any atom is 0.180 e. The summed E-state index contributed by atoms with van der Waals surface area (Å²) in [4.78, 5) is 9.08. The van der Waals surface area contributed by atoms with E-state index in [2.05, 4.69) is 125 Å². The van der Waals surface area contributed by atoms with E-state index in [1.54, 1.807) is 6.33 Å². The Labute approximate surface area is 257 Å². The fraction of sp³-hybridized carbons (Fsp3) is 0. The number of thiophene rings is 1. The smallest absolute Gasteiger partial charge is 0.180 e. The lowest BCUT2D eigenvalue weighted by atomic mass is 9.97. The molecule has 4 heteroatoms. The SMILES string of the molecule is c1ccc(-c2cccc3c2sc2c(-c4ccc(-c5ccc(-c6ncnc7c6oc6ccccc67)cc5)cc4)cccc23)cc1. The normalized spacial score (nSPS) is 11.6. The highest BCUT2D eigenvalue weighted by Crippen LogP contribution is 2.44. The van der Waals surface area contributed by atoms with Gasteiger partial charge < -0.3 is 4.42 Å². The molecule has 3 aromatic heterocycles. The topological polar surface area (TPSA) is 38.9 Å². The van der Waals surface area contributed by atoms with Crippen LogP contribution in [0.3, 0.4) is 0 Å². The Bertz CT molecular complexity index is 2470. The van der Waals surface area contributed by atoms with Crippen LogP contribution >= 0.6 is 11.3 Å². The van der Waals surface area contributed by atoms with Crippen LogP contribution < -0.4 is 0 Å². The average molecular weight is 581 g/mol.